The minimum absolute atomic E-state index is 0.153. The van der Waals surface area contributed by atoms with Crippen molar-refractivity contribution in [3.05, 3.63) is 81.4 Å². The SMILES string of the molecule is Cc1ccc2c(c1)C(=O)N(CCCC(=O)Nc1nc3c(s1)CN(Cc1ccccc1)CC3)C2=O. The normalized spacial score (nSPS) is 15.4. The van der Waals surface area contributed by atoms with Crippen LogP contribution in [0.1, 0.15) is 55.3 Å². The summed E-state index contributed by atoms with van der Waals surface area (Å²) < 4.78 is 0. The molecule has 0 aliphatic carbocycles. The number of hydrogen-bond donors (Lipinski definition) is 1. The highest BCUT2D eigenvalue weighted by Gasteiger charge is 2.35. The molecule has 0 radical (unpaired) electrons. The van der Waals surface area contributed by atoms with E-state index in [0.717, 1.165) is 37.3 Å². The lowest BCUT2D eigenvalue weighted by molar-refractivity contribution is -0.116. The van der Waals surface area contributed by atoms with Crippen molar-refractivity contribution in [3.63, 3.8) is 0 Å². The Hall–Kier alpha value is -3.36. The third kappa shape index (κ3) is 4.64. The highest BCUT2D eigenvalue weighted by Crippen LogP contribution is 2.29. The van der Waals surface area contributed by atoms with Crippen molar-refractivity contribution in [2.45, 2.75) is 39.3 Å². The number of fused-ring (bicyclic) bond motifs is 2. The average Bonchev–Trinajstić information content (AvgIpc) is 3.32. The van der Waals surface area contributed by atoms with Gasteiger partial charge < -0.3 is 5.32 Å². The lowest BCUT2D eigenvalue weighted by atomic mass is 10.1. The first-order valence-electron chi connectivity index (χ1n) is 11.5. The number of rotatable bonds is 7. The molecular formula is C26H26N4O3S. The number of hydrogen-bond acceptors (Lipinski definition) is 6. The van der Waals surface area contributed by atoms with Gasteiger partial charge in [-0.25, -0.2) is 4.98 Å². The second kappa shape index (κ2) is 9.48. The van der Waals surface area contributed by atoms with E-state index >= 15 is 0 Å². The maximum atomic E-state index is 12.6. The Bertz CT molecular complexity index is 1250. The van der Waals surface area contributed by atoms with Crippen LogP contribution in [-0.4, -0.2) is 45.6 Å². The zero-order valence-corrected chi connectivity index (χ0v) is 19.9. The number of thiazole rings is 1. The van der Waals surface area contributed by atoms with Gasteiger partial charge in [0.2, 0.25) is 5.91 Å². The first kappa shape index (κ1) is 22.4. The van der Waals surface area contributed by atoms with Crippen molar-refractivity contribution in [1.82, 2.24) is 14.8 Å². The molecule has 0 fully saturated rings. The Morgan fingerprint density at radius 1 is 1.09 bits per heavy atom. The summed E-state index contributed by atoms with van der Waals surface area (Å²) >= 11 is 1.53. The van der Waals surface area contributed by atoms with Crippen molar-refractivity contribution in [2.24, 2.45) is 0 Å². The number of carbonyl (C=O) groups is 3. The molecule has 5 rings (SSSR count). The van der Waals surface area contributed by atoms with Gasteiger partial charge in [0.25, 0.3) is 11.8 Å². The number of imide groups is 1. The van der Waals surface area contributed by atoms with Gasteiger partial charge in [0, 0.05) is 43.9 Å². The molecule has 7 nitrogen and oxygen atoms in total. The first-order valence-corrected chi connectivity index (χ1v) is 12.3. The zero-order chi connectivity index (χ0) is 23.7. The molecule has 2 aliphatic heterocycles. The standard InChI is InChI=1S/C26H26N4O3S/c1-17-9-10-19-20(14-17)25(33)30(24(19)32)12-5-8-23(31)28-26-27-21-11-13-29(16-22(21)34-26)15-18-6-3-2-4-7-18/h2-4,6-7,9-10,14H,5,8,11-13,15-16H2,1H3,(H,27,28,31). The van der Waals surface area contributed by atoms with Gasteiger partial charge in [-0.2, -0.15) is 0 Å². The van der Waals surface area contributed by atoms with E-state index in [-0.39, 0.29) is 30.7 Å². The molecule has 1 N–H and O–H groups in total. The summed E-state index contributed by atoms with van der Waals surface area (Å²) in [4.78, 5) is 47.0. The van der Waals surface area contributed by atoms with Crippen LogP contribution in [0, 0.1) is 6.92 Å². The number of amides is 3. The fraction of sp³-hybridized carbons (Fsp3) is 0.308. The van der Waals surface area contributed by atoms with Gasteiger partial charge in [0.05, 0.1) is 16.8 Å². The van der Waals surface area contributed by atoms with Crippen molar-refractivity contribution in [1.29, 1.82) is 0 Å². The molecule has 2 aliphatic rings. The fourth-order valence-corrected chi connectivity index (χ4v) is 5.53. The Kier molecular flexibility index (Phi) is 6.26. The molecule has 0 saturated carbocycles. The van der Waals surface area contributed by atoms with Gasteiger partial charge in [-0.1, -0.05) is 42.0 Å². The van der Waals surface area contributed by atoms with E-state index in [2.05, 4.69) is 39.5 Å². The Labute approximate surface area is 202 Å². The van der Waals surface area contributed by atoms with Crippen LogP contribution in [0.5, 0.6) is 0 Å². The lowest BCUT2D eigenvalue weighted by Gasteiger charge is -2.25. The summed E-state index contributed by atoms with van der Waals surface area (Å²) in [6.07, 6.45) is 1.50. The number of aryl methyl sites for hydroxylation is 1. The highest BCUT2D eigenvalue weighted by atomic mass is 32.1. The summed E-state index contributed by atoms with van der Waals surface area (Å²) in [5, 5.41) is 3.52. The van der Waals surface area contributed by atoms with Crippen molar-refractivity contribution >= 4 is 34.2 Å². The minimum atomic E-state index is -0.284. The summed E-state index contributed by atoms with van der Waals surface area (Å²) in [6.45, 7) is 4.79. The van der Waals surface area contributed by atoms with E-state index in [1.54, 1.807) is 12.1 Å². The van der Waals surface area contributed by atoms with Crippen LogP contribution in [0.3, 0.4) is 0 Å². The summed E-state index contributed by atoms with van der Waals surface area (Å²) in [6, 6.07) is 15.7. The van der Waals surface area contributed by atoms with E-state index in [0.29, 0.717) is 22.7 Å². The number of aromatic nitrogens is 1. The van der Waals surface area contributed by atoms with Crippen LogP contribution in [0.15, 0.2) is 48.5 Å². The van der Waals surface area contributed by atoms with Crippen molar-refractivity contribution < 1.29 is 14.4 Å². The maximum absolute atomic E-state index is 12.6. The van der Waals surface area contributed by atoms with Gasteiger partial charge in [-0.05, 0) is 31.0 Å². The predicted octanol–water partition coefficient (Wildman–Crippen LogP) is 4.02. The number of carbonyl (C=O) groups excluding carboxylic acids is 3. The fourth-order valence-electron chi connectivity index (χ4n) is 4.47. The molecule has 0 bridgehead atoms. The molecular weight excluding hydrogens is 448 g/mol. The molecule has 34 heavy (non-hydrogen) atoms. The second-order valence-electron chi connectivity index (χ2n) is 8.80. The van der Waals surface area contributed by atoms with E-state index < -0.39 is 0 Å². The average molecular weight is 475 g/mol. The molecule has 0 saturated heterocycles. The third-order valence-corrected chi connectivity index (χ3v) is 7.22. The molecule has 0 spiro atoms. The van der Waals surface area contributed by atoms with Gasteiger partial charge >= 0.3 is 0 Å². The monoisotopic (exact) mass is 474 g/mol. The summed E-state index contributed by atoms with van der Waals surface area (Å²) in [5.74, 6) is -0.718. The molecule has 3 amide bonds. The lowest BCUT2D eigenvalue weighted by Crippen LogP contribution is -2.31. The molecule has 8 heteroatoms. The topological polar surface area (TPSA) is 82.6 Å². The van der Waals surface area contributed by atoms with E-state index in [9.17, 15) is 14.4 Å². The van der Waals surface area contributed by atoms with Crippen molar-refractivity contribution in [2.75, 3.05) is 18.4 Å². The van der Waals surface area contributed by atoms with Crippen LogP contribution in [0.25, 0.3) is 0 Å². The molecule has 174 valence electrons. The van der Waals surface area contributed by atoms with Crippen LogP contribution in [-0.2, 0) is 24.3 Å². The molecule has 2 aromatic carbocycles. The Morgan fingerprint density at radius 3 is 2.71 bits per heavy atom. The largest absolute Gasteiger partial charge is 0.302 e. The number of nitrogens with zero attached hydrogens (tertiary/aromatic N) is 3. The minimum Gasteiger partial charge on any atom is -0.302 e. The highest BCUT2D eigenvalue weighted by molar-refractivity contribution is 7.15. The van der Waals surface area contributed by atoms with Gasteiger partial charge in [0.1, 0.15) is 0 Å². The van der Waals surface area contributed by atoms with Crippen molar-refractivity contribution in [3.8, 4) is 0 Å². The summed E-state index contributed by atoms with van der Waals surface area (Å²) in [5.41, 5.74) is 4.18. The number of benzene rings is 2. The molecule has 0 atom stereocenters. The third-order valence-electron chi connectivity index (χ3n) is 6.22. The van der Waals surface area contributed by atoms with E-state index in [1.165, 1.54) is 26.7 Å². The molecule has 3 aromatic rings. The number of anilines is 1. The van der Waals surface area contributed by atoms with Gasteiger partial charge in [0.15, 0.2) is 5.13 Å². The first-order chi connectivity index (χ1) is 16.5. The smallest absolute Gasteiger partial charge is 0.261 e. The predicted molar refractivity (Wildman–Crippen MR) is 131 cm³/mol. The molecule has 1 aromatic heterocycles. The maximum Gasteiger partial charge on any atom is 0.261 e. The Balaban J connectivity index is 1.12. The van der Waals surface area contributed by atoms with E-state index in [4.69, 9.17) is 0 Å². The van der Waals surface area contributed by atoms with Gasteiger partial charge in [-0.3, -0.25) is 24.2 Å². The molecule has 3 heterocycles. The molecule has 0 unspecified atom stereocenters. The Morgan fingerprint density at radius 2 is 1.88 bits per heavy atom. The second-order valence-corrected chi connectivity index (χ2v) is 9.88. The van der Waals surface area contributed by atoms with Crippen LogP contribution < -0.4 is 5.32 Å². The summed E-state index contributed by atoms with van der Waals surface area (Å²) in [7, 11) is 0. The van der Waals surface area contributed by atoms with Gasteiger partial charge in [-0.15, -0.1) is 11.3 Å². The van der Waals surface area contributed by atoms with Crippen LogP contribution >= 0.6 is 11.3 Å². The van der Waals surface area contributed by atoms with Crippen LogP contribution in [0.2, 0.25) is 0 Å². The zero-order valence-electron chi connectivity index (χ0n) is 19.0. The number of nitrogens with one attached hydrogen (secondary N) is 1. The quantitative estimate of drug-likeness (QED) is 0.523. The van der Waals surface area contributed by atoms with Crippen LogP contribution in [0.4, 0.5) is 5.13 Å². The van der Waals surface area contributed by atoms with E-state index in [1.807, 2.05) is 19.1 Å².